The predicted molar refractivity (Wildman–Crippen MR) is 57.0 cm³/mol. The topological polar surface area (TPSA) is 30.2 Å². The maximum atomic E-state index is 11.8. The lowest BCUT2D eigenvalue weighted by Crippen LogP contribution is -2.07. The zero-order valence-electron chi connectivity index (χ0n) is 9.30. The van der Waals surface area contributed by atoms with Crippen LogP contribution in [0.3, 0.4) is 0 Å². The quantitative estimate of drug-likeness (QED) is 0.704. The first-order valence-corrected chi connectivity index (χ1v) is 5.86. The van der Waals surface area contributed by atoms with E-state index in [4.69, 9.17) is 4.42 Å². The van der Waals surface area contributed by atoms with Crippen molar-refractivity contribution in [1.82, 2.24) is 0 Å². The summed E-state index contributed by atoms with van der Waals surface area (Å²) in [5.74, 6) is 3.31. The molecule has 0 spiro atoms. The van der Waals surface area contributed by atoms with Crippen LogP contribution in [-0.4, -0.2) is 5.78 Å². The molecule has 3 rings (SSSR count). The van der Waals surface area contributed by atoms with Crippen molar-refractivity contribution in [1.29, 1.82) is 0 Å². The molecule has 1 saturated carbocycles. The summed E-state index contributed by atoms with van der Waals surface area (Å²) >= 11 is 0. The van der Waals surface area contributed by atoms with Crippen molar-refractivity contribution in [2.45, 2.75) is 45.4 Å². The lowest BCUT2D eigenvalue weighted by molar-refractivity contribution is -0.118. The van der Waals surface area contributed by atoms with Crippen LogP contribution in [0.15, 0.2) is 4.42 Å². The lowest BCUT2D eigenvalue weighted by Gasteiger charge is -2.07. The average molecular weight is 204 g/mol. The van der Waals surface area contributed by atoms with Gasteiger partial charge in [-0.2, -0.15) is 0 Å². The fourth-order valence-corrected chi connectivity index (χ4v) is 3.37. The van der Waals surface area contributed by atoms with Crippen molar-refractivity contribution in [3.05, 3.63) is 22.6 Å². The van der Waals surface area contributed by atoms with E-state index < -0.39 is 0 Å². The molecule has 1 fully saturated rings. The fourth-order valence-electron chi connectivity index (χ4n) is 3.37. The van der Waals surface area contributed by atoms with Gasteiger partial charge in [0.25, 0.3) is 0 Å². The summed E-state index contributed by atoms with van der Waals surface area (Å²) in [5.41, 5.74) is 2.61. The van der Waals surface area contributed by atoms with Gasteiger partial charge in [0.15, 0.2) is 0 Å². The summed E-state index contributed by atoms with van der Waals surface area (Å²) < 4.78 is 5.74. The Balaban J connectivity index is 2.14. The Labute approximate surface area is 89.7 Å². The number of hydrogen-bond acceptors (Lipinski definition) is 2. The third-order valence-electron chi connectivity index (χ3n) is 4.00. The minimum Gasteiger partial charge on any atom is -0.466 e. The van der Waals surface area contributed by atoms with Gasteiger partial charge < -0.3 is 4.42 Å². The second kappa shape index (κ2) is 2.97. The van der Waals surface area contributed by atoms with Gasteiger partial charge in [0.05, 0.1) is 0 Å². The standard InChI is InChI=1S/C13H16O2/c1-3-11-9-6-8-4-5-10(14)13(8)12(9)7(2)15-11/h8,13H,3-6H2,1-2H3. The molecule has 2 atom stereocenters. The number of furan rings is 1. The average Bonchev–Trinajstić information content (AvgIpc) is 2.81. The van der Waals surface area contributed by atoms with Crippen LogP contribution in [-0.2, 0) is 17.6 Å². The van der Waals surface area contributed by atoms with E-state index >= 15 is 0 Å². The van der Waals surface area contributed by atoms with Crippen molar-refractivity contribution in [3.63, 3.8) is 0 Å². The van der Waals surface area contributed by atoms with Crippen molar-refractivity contribution in [2.24, 2.45) is 5.92 Å². The number of hydrogen-bond donors (Lipinski definition) is 0. The molecule has 2 heteroatoms. The first-order chi connectivity index (χ1) is 7.22. The second-order valence-corrected chi connectivity index (χ2v) is 4.77. The summed E-state index contributed by atoms with van der Waals surface area (Å²) in [6, 6.07) is 0. The van der Waals surface area contributed by atoms with Crippen molar-refractivity contribution >= 4 is 5.78 Å². The summed E-state index contributed by atoms with van der Waals surface area (Å²) in [6.07, 6.45) is 3.89. The first-order valence-electron chi connectivity index (χ1n) is 5.86. The third kappa shape index (κ3) is 1.08. The van der Waals surface area contributed by atoms with Gasteiger partial charge in [-0.3, -0.25) is 4.79 Å². The van der Waals surface area contributed by atoms with Crippen LogP contribution < -0.4 is 0 Å². The maximum absolute atomic E-state index is 11.8. The van der Waals surface area contributed by atoms with Gasteiger partial charge in [-0.25, -0.2) is 0 Å². The van der Waals surface area contributed by atoms with Crippen LogP contribution >= 0.6 is 0 Å². The molecular formula is C13H16O2. The van der Waals surface area contributed by atoms with Crippen LogP contribution in [0.5, 0.6) is 0 Å². The summed E-state index contributed by atoms with van der Waals surface area (Å²) in [7, 11) is 0. The molecule has 0 bridgehead atoms. The molecule has 2 unspecified atom stereocenters. The Morgan fingerprint density at radius 3 is 3.00 bits per heavy atom. The summed E-state index contributed by atoms with van der Waals surface area (Å²) in [5, 5.41) is 0. The largest absolute Gasteiger partial charge is 0.466 e. The fraction of sp³-hybridized carbons (Fsp3) is 0.615. The molecule has 80 valence electrons. The van der Waals surface area contributed by atoms with Crippen LogP contribution in [0.25, 0.3) is 0 Å². The van der Waals surface area contributed by atoms with E-state index in [0.29, 0.717) is 11.7 Å². The molecule has 0 aliphatic heterocycles. The van der Waals surface area contributed by atoms with Crippen molar-refractivity contribution in [2.75, 3.05) is 0 Å². The molecular weight excluding hydrogens is 188 g/mol. The number of carbonyl (C=O) groups is 1. The number of aryl methyl sites for hydroxylation is 2. The first kappa shape index (κ1) is 9.20. The molecule has 0 aromatic carbocycles. The summed E-state index contributed by atoms with van der Waals surface area (Å²) in [6.45, 7) is 4.13. The Morgan fingerprint density at radius 2 is 2.27 bits per heavy atom. The number of carbonyl (C=O) groups excluding carboxylic acids is 1. The van der Waals surface area contributed by atoms with Crippen LogP contribution in [0.2, 0.25) is 0 Å². The minimum atomic E-state index is 0.184. The van der Waals surface area contributed by atoms with E-state index in [1.807, 2.05) is 6.92 Å². The molecule has 2 aliphatic carbocycles. The highest BCUT2D eigenvalue weighted by Gasteiger charge is 2.45. The molecule has 0 saturated heterocycles. The van der Waals surface area contributed by atoms with Gasteiger partial charge in [-0.15, -0.1) is 0 Å². The zero-order chi connectivity index (χ0) is 10.6. The molecule has 0 N–H and O–H groups in total. The maximum Gasteiger partial charge on any atom is 0.140 e. The van der Waals surface area contributed by atoms with Crippen LogP contribution in [0.1, 0.15) is 48.3 Å². The number of rotatable bonds is 1. The molecule has 1 aromatic heterocycles. The van der Waals surface area contributed by atoms with Gasteiger partial charge >= 0.3 is 0 Å². The van der Waals surface area contributed by atoms with Gasteiger partial charge in [-0.05, 0) is 31.2 Å². The van der Waals surface area contributed by atoms with Gasteiger partial charge in [0, 0.05) is 24.3 Å². The Morgan fingerprint density at radius 1 is 1.47 bits per heavy atom. The SMILES string of the molecule is CCc1oc(C)c2c1CC1CCC(=O)C21. The predicted octanol–water partition coefficient (Wildman–Crippen LogP) is 2.77. The van der Waals surface area contributed by atoms with Gasteiger partial charge in [0.1, 0.15) is 17.3 Å². The highest BCUT2D eigenvalue weighted by Crippen LogP contribution is 2.49. The van der Waals surface area contributed by atoms with E-state index in [-0.39, 0.29) is 5.92 Å². The van der Waals surface area contributed by atoms with E-state index in [1.54, 1.807) is 0 Å². The van der Waals surface area contributed by atoms with Crippen LogP contribution in [0.4, 0.5) is 0 Å². The molecule has 0 amide bonds. The van der Waals surface area contributed by atoms with E-state index in [0.717, 1.165) is 37.2 Å². The minimum absolute atomic E-state index is 0.184. The third-order valence-corrected chi connectivity index (χ3v) is 4.00. The van der Waals surface area contributed by atoms with Crippen molar-refractivity contribution in [3.8, 4) is 0 Å². The molecule has 1 aromatic rings. The Kier molecular flexibility index (Phi) is 1.82. The van der Waals surface area contributed by atoms with E-state index in [2.05, 4.69) is 6.92 Å². The zero-order valence-corrected chi connectivity index (χ0v) is 9.30. The highest BCUT2D eigenvalue weighted by atomic mass is 16.3. The molecule has 2 aliphatic rings. The number of Topliss-reactive ketones (excluding diaryl/α,β-unsaturated/α-hetero) is 1. The molecule has 0 radical (unpaired) electrons. The number of fused-ring (bicyclic) bond motifs is 3. The molecule has 2 nitrogen and oxygen atoms in total. The normalized spacial score (nSPS) is 28.3. The second-order valence-electron chi connectivity index (χ2n) is 4.77. The van der Waals surface area contributed by atoms with Gasteiger partial charge in [-0.1, -0.05) is 6.92 Å². The molecule has 15 heavy (non-hydrogen) atoms. The molecule has 1 heterocycles. The Bertz CT molecular complexity index is 428. The summed E-state index contributed by atoms with van der Waals surface area (Å²) in [4.78, 5) is 11.8. The smallest absolute Gasteiger partial charge is 0.140 e. The number of ketones is 1. The van der Waals surface area contributed by atoms with Crippen LogP contribution in [0, 0.1) is 12.8 Å². The lowest BCUT2D eigenvalue weighted by atomic mass is 9.95. The van der Waals surface area contributed by atoms with Crippen molar-refractivity contribution < 1.29 is 9.21 Å². The van der Waals surface area contributed by atoms with E-state index in [9.17, 15) is 4.79 Å². The highest BCUT2D eigenvalue weighted by molar-refractivity contribution is 5.90. The van der Waals surface area contributed by atoms with E-state index in [1.165, 1.54) is 11.1 Å². The Hall–Kier alpha value is -1.05. The van der Waals surface area contributed by atoms with Gasteiger partial charge in [0.2, 0.25) is 0 Å². The monoisotopic (exact) mass is 204 g/mol.